The summed E-state index contributed by atoms with van der Waals surface area (Å²) in [6.07, 6.45) is 0. The normalized spacial score (nSPS) is 13.1. The van der Waals surface area contributed by atoms with Gasteiger partial charge in [0, 0.05) is 44.2 Å². The molecule has 1 aliphatic carbocycles. The molecule has 2 aliphatic rings. The van der Waals surface area contributed by atoms with Crippen molar-refractivity contribution in [3.8, 4) is 67.8 Å². The van der Waals surface area contributed by atoms with Crippen LogP contribution >= 0.6 is 0 Å². The van der Waals surface area contributed by atoms with Crippen LogP contribution in [0.1, 0.15) is 22.3 Å². The zero-order valence-corrected chi connectivity index (χ0v) is 31.3. The van der Waals surface area contributed by atoms with Crippen LogP contribution in [0.3, 0.4) is 0 Å². The maximum Gasteiger partial charge on any atom is 0.160 e. The first-order chi connectivity index (χ1) is 28.7. The lowest BCUT2D eigenvalue weighted by molar-refractivity contribution is 0.436. The molecule has 12 rings (SSSR count). The van der Waals surface area contributed by atoms with Gasteiger partial charge in [-0.3, -0.25) is 0 Å². The van der Waals surface area contributed by atoms with E-state index in [2.05, 4.69) is 164 Å². The molecule has 4 nitrogen and oxygen atoms in total. The Hall–Kier alpha value is -7.69. The molecular weight excluding hydrogens is 707 g/mol. The van der Waals surface area contributed by atoms with E-state index in [0.29, 0.717) is 5.82 Å². The van der Waals surface area contributed by atoms with Gasteiger partial charge in [0.05, 0.1) is 28.0 Å². The number of pyridine rings is 1. The average Bonchev–Trinajstić information content (AvgIpc) is 3.58. The second-order valence-corrected chi connectivity index (χ2v) is 15.1. The summed E-state index contributed by atoms with van der Waals surface area (Å²) >= 11 is 0. The monoisotopic (exact) mass is 739 g/mol. The third-order valence-electron chi connectivity index (χ3n) is 11.9. The topological polar surface area (TPSA) is 47.9 Å². The van der Waals surface area contributed by atoms with Crippen molar-refractivity contribution >= 4 is 21.7 Å². The molecule has 0 N–H and O–H groups in total. The van der Waals surface area contributed by atoms with Crippen LogP contribution in [-0.2, 0) is 5.41 Å². The van der Waals surface area contributed by atoms with Gasteiger partial charge < -0.3 is 4.74 Å². The molecule has 0 unspecified atom stereocenters. The highest BCUT2D eigenvalue weighted by atomic mass is 16.5. The molecule has 0 fully saturated rings. The largest absolute Gasteiger partial charge is 0.457 e. The van der Waals surface area contributed by atoms with Crippen LogP contribution in [0.15, 0.2) is 200 Å². The Morgan fingerprint density at radius 1 is 0.345 bits per heavy atom. The minimum atomic E-state index is -0.584. The lowest BCUT2D eigenvalue weighted by atomic mass is 9.66. The minimum absolute atomic E-state index is 0.584. The summed E-state index contributed by atoms with van der Waals surface area (Å²) in [5, 5.41) is 3.40. The quantitative estimate of drug-likeness (QED) is 0.169. The molecule has 0 saturated heterocycles. The zero-order chi connectivity index (χ0) is 38.2. The number of rotatable bonds is 4. The van der Waals surface area contributed by atoms with Crippen molar-refractivity contribution in [2.24, 2.45) is 0 Å². The molecule has 2 aromatic heterocycles. The number of hydrogen-bond acceptors (Lipinski definition) is 4. The minimum Gasteiger partial charge on any atom is -0.457 e. The summed E-state index contributed by atoms with van der Waals surface area (Å²) in [6.45, 7) is 0. The predicted molar refractivity (Wildman–Crippen MR) is 234 cm³/mol. The van der Waals surface area contributed by atoms with Crippen molar-refractivity contribution < 1.29 is 4.74 Å². The van der Waals surface area contributed by atoms with E-state index in [1.54, 1.807) is 0 Å². The maximum atomic E-state index is 6.64. The first-order valence-corrected chi connectivity index (χ1v) is 19.7. The van der Waals surface area contributed by atoms with Crippen molar-refractivity contribution in [1.82, 2.24) is 15.0 Å². The lowest BCUT2D eigenvalue weighted by Gasteiger charge is -2.39. The van der Waals surface area contributed by atoms with E-state index in [-0.39, 0.29) is 0 Å². The van der Waals surface area contributed by atoms with E-state index < -0.39 is 5.41 Å². The van der Waals surface area contributed by atoms with E-state index in [1.807, 2.05) is 36.4 Å². The van der Waals surface area contributed by atoms with Crippen molar-refractivity contribution in [2.75, 3.05) is 0 Å². The molecule has 8 aromatic carbocycles. The molecule has 10 aromatic rings. The van der Waals surface area contributed by atoms with Gasteiger partial charge in [-0.15, -0.1) is 0 Å². The summed E-state index contributed by atoms with van der Waals surface area (Å²) in [6, 6.07) is 70.6. The third kappa shape index (κ3) is 4.79. The van der Waals surface area contributed by atoms with Crippen molar-refractivity contribution in [3.63, 3.8) is 0 Å². The van der Waals surface area contributed by atoms with Gasteiger partial charge in [0.15, 0.2) is 5.82 Å². The molecule has 0 radical (unpaired) electrons. The molecular formula is C54H33N3O. The van der Waals surface area contributed by atoms with E-state index in [1.165, 1.54) is 27.6 Å². The number of nitrogens with zero attached hydrogens (tertiary/aromatic N) is 3. The average molecular weight is 740 g/mol. The predicted octanol–water partition coefficient (Wildman–Crippen LogP) is 13.3. The standard InChI is InChI=1S/C54H33N3O/c1-3-16-34(17-4-1)48-33-49(57-53(56-48)35-18-5-2-6-19-35)36-20-15-21-37(30-36)52-42-32-46-41(31-40(42)39-23-8-12-27-47(39)55-52)38-22-7-9-24-43(38)54(46)44-25-10-13-28-50(44)58-51-29-14-11-26-45(51)54/h1-33H. The van der Waals surface area contributed by atoms with Crippen molar-refractivity contribution in [3.05, 3.63) is 222 Å². The number of benzene rings is 8. The van der Waals surface area contributed by atoms with Crippen LogP contribution in [0.25, 0.3) is 78.0 Å². The summed E-state index contributed by atoms with van der Waals surface area (Å²) in [4.78, 5) is 15.7. The molecule has 0 bridgehead atoms. The number of ether oxygens (including phenoxy) is 1. The van der Waals surface area contributed by atoms with Crippen molar-refractivity contribution in [1.29, 1.82) is 0 Å². The molecule has 4 heteroatoms. The van der Waals surface area contributed by atoms with Crippen LogP contribution in [-0.4, -0.2) is 15.0 Å². The summed E-state index contributed by atoms with van der Waals surface area (Å²) in [5.74, 6) is 2.44. The van der Waals surface area contributed by atoms with Gasteiger partial charge in [0.2, 0.25) is 0 Å². The molecule has 1 spiro atoms. The van der Waals surface area contributed by atoms with Gasteiger partial charge in [-0.25, -0.2) is 15.0 Å². The van der Waals surface area contributed by atoms with Crippen LogP contribution in [0.4, 0.5) is 0 Å². The second-order valence-electron chi connectivity index (χ2n) is 15.1. The second kappa shape index (κ2) is 12.7. The van der Waals surface area contributed by atoms with Crippen LogP contribution in [0, 0.1) is 0 Å². The molecule has 3 heterocycles. The molecule has 270 valence electrons. The molecule has 0 amide bonds. The lowest BCUT2D eigenvalue weighted by Crippen LogP contribution is -2.32. The number of para-hydroxylation sites is 3. The molecule has 58 heavy (non-hydrogen) atoms. The van der Waals surface area contributed by atoms with Gasteiger partial charge in [0.1, 0.15) is 11.5 Å². The Morgan fingerprint density at radius 2 is 0.931 bits per heavy atom. The smallest absolute Gasteiger partial charge is 0.160 e. The van der Waals surface area contributed by atoms with Crippen LogP contribution in [0.2, 0.25) is 0 Å². The van der Waals surface area contributed by atoms with Crippen LogP contribution < -0.4 is 4.74 Å². The summed E-state index contributed by atoms with van der Waals surface area (Å²) in [7, 11) is 0. The van der Waals surface area contributed by atoms with E-state index >= 15 is 0 Å². The first-order valence-electron chi connectivity index (χ1n) is 19.7. The Labute approximate surface area is 335 Å². The Morgan fingerprint density at radius 3 is 1.69 bits per heavy atom. The summed E-state index contributed by atoms with van der Waals surface area (Å²) < 4.78 is 6.64. The van der Waals surface area contributed by atoms with Gasteiger partial charge >= 0.3 is 0 Å². The van der Waals surface area contributed by atoms with Gasteiger partial charge in [0.25, 0.3) is 0 Å². The zero-order valence-electron chi connectivity index (χ0n) is 31.3. The van der Waals surface area contributed by atoms with E-state index in [0.717, 1.165) is 78.3 Å². The van der Waals surface area contributed by atoms with Gasteiger partial charge in [-0.1, -0.05) is 158 Å². The van der Waals surface area contributed by atoms with Gasteiger partial charge in [-0.05, 0) is 70.1 Å². The number of hydrogen-bond donors (Lipinski definition) is 0. The van der Waals surface area contributed by atoms with Crippen molar-refractivity contribution in [2.45, 2.75) is 5.41 Å². The van der Waals surface area contributed by atoms with Crippen LogP contribution in [0.5, 0.6) is 11.5 Å². The fourth-order valence-electron chi connectivity index (χ4n) is 9.41. The number of aromatic nitrogens is 3. The molecule has 1 aliphatic heterocycles. The Bertz CT molecular complexity index is 3160. The van der Waals surface area contributed by atoms with E-state index in [4.69, 9.17) is 19.7 Å². The van der Waals surface area contributed by atoms with Gasteiger partial charge in [-0.2, -0.15) is 0 Å². The highest BCUT2D eigenvalue weighted by molar-refractivity contribution is 6.13. The highest BCUT2D eigenvalue weighted by Crippen LogP contribution is 2.62. The number of fused-ring (bicyclic) bond motifs is 12. The SMILES string of the molecule is c1ccc(-c2cc(-c3cccc(-c4nc5ccccc5c5cc6c(cc45)C4(c5ccccc5Oc5ccccc54)c4ccccc4-6)c3)nc(-c3ccccc3)n2)cc1. The maximum absolute atomic E-state index is 6.64. The van der Waals surface area contributed by atoms with E-state index in [9.17, 15) is 0 Å². The Kier molecular flexibility index (Phi) is 7.11. The first kappa shape index (κ1) is 32.5. The fraction of sp³-hybridized carbons (Fsp3) is 0.0185. The molecule has 0 atom stereocenters. The third-order valence-corrected chi connectivity index (χ3v) is 11.9. The highest BCUT2D eigenvalue weighted by Gasteiger charge is 2.51. The summed E-state index contributed by atoms with van der Waals surface area (Å²) in [5.41, 5.74) is 14.3. The Balaban J connectivity index is 1.12. The fourth-order valence-corrected chi connectivity index (χ4v) is 9.41. The molecule has 0 saturated carbocycles.